The number of carbonyl (C=O) groups excluding carboxylic acids is 2. The minimum absolute atomic E-state index is 0.202. The van der Waals surface area contributed by atoms with E-state index in [1.165, 1.54) is 7.11 Å². The molecule has 3 amide bonds. The quantitative estimate of drug-likeness (QED) is 0.480. The van der Waals surface area contributed by atoms with Crippen LogP contribution in [-0.4, -0.2) is 59.5 Å². The molecule has 0 radical (unpaired) electrons. The molecule has 0 spiro atoms. The van der Waals surface area contributed by atoms with Crippen molar-refractivity contribution in [3.8, 4) is 11.5 Å². The molecule has 34 heavy (non-hydrogen) atoms. The summed E-state index contributed by atoms with van der Waals surface area (Å²) in [6.45, 7) is 4.86. The van der Waals surface area contributed by atoms with Crippen molar-refractivity contribution < 1.29 is 23.8 Å². The van der Waals surface area contributed by atoms with Gasteiger partial charge in [-0.2, -0.15) is 0 Å². The summed E-state index contributed by atoms with van der Waals surface area (Å²) in [6, 6.07) is 10.1. The molecule has 3 N–H and O–H groups in total. The fourth-order valence-corrected chi connectivity index (χ4v) is 3.87. The number of nitrogens with zero attached hydrogens (tertiary/aromatic N) is 1. The van der Waals surface area contributed by atoms with Crippen molar-refractivity contribution >= 4 is 29.0 Å². The maximum Gasteiger partial charge on any atom is 0.323 e. The summed E-state index contributed by atoms with van der Waals surface area (Å²) < 4.78 is 15.6. The molecule has 0 unspecified atom stereocenters. The van der Waals surface area contributed by atoms with E-state index >= 15 is 0 Å². The number of methoxy groups -OCH3 is 3. The summed E-state index contributed by atoms with van der Waals surface area (Å²) in [5.41, 5.74) is 2.39. The van der Waals surface area contributed by atoms with Crippen molar-refractivity contribution in [3.05, 3.63) is 42.0 Å². The van der Waals surface area contributed by atoms with Gasteiger partial charge in [-0.25, -0.2) is 4.79 Å². The Kier molecular flexibility index (Phi) is 8.98. The van der Waals surface area contributed by atoms with Crippen molar-refractivity contribution in [2.45, 2.75) is 19.8 Å². The lowest BCUT2D eigenvalue weighted by Crippen LogP contribution is -2.35. The summed E-state index contributed by atoms with van der Waals surface area (Å²) in [5.74, 6) is 1.57. The van der Waals surface area contributed by atoms with Crippen molar-refractivity contribution in [3.63, 3.8) is 0 Å². The molecule has 3 rings (SSSR count). The second kappa shape index (κ2) is 12.1. The van der Waals surface area contributed by atoms with E-state index in [0.29, 0.717) is 47.5 Å². The van der Waals surface area contributed by atoms with E-state index in [9.17, 15) is 9.59 Å². The monoisotopic (exact) mass is 470 g/mol. The van der Waals surface area contributed by atoms with Crippen LogP contribution in [0.25, 0.3) is 0 Å². The molecule has 1 aliphatic heterocycles. The van der Waals surface area contributed by atoms with Crippen LogP contribution in [0.2, 0.25) is 0 Å². The molecule has 0 bridgehead atoms. The number of benzene rings is 2. The molecular weight excluding hydrogens is 436 g/mol. The fourth-order valence-electron chi connectivity index (χ4n) is 3.87. The first-order valence-electron chi connectivity index (χ1n) is 11.4. The molecular formula is C25H34N4O5. The Balaban J connectivity index is 1.78. The second-order valence-corrected chi connectivity index (χ2v) is 8.30. The molecule has 0 saturated carbocycles. The lowest BCUT2D eigenvalue weighted by atomic mass is 9.98. The van der Waals surface area contributed by atoms with E-state index < -0.39 is 6.03 Å². The predicted molar refractivity (Wildman–Crippen MR) is 133 cm³/mol. The van der Waals surface area contributed by atoms with Gasteiger partial charge in [0.25, 0.3) is 5.91 Å². The molecule has 0 atom stereocenters. The second-order valence-electron chi connectivity index (χ2n) is 8.30. The third kappa shape index (κ3) is 6.54. The molecule has 2 aromatic carbocycles. The Morgan fingerprint density at radius 2 is 1.76 bits per heavy atom. The van der Waals surface area contributed by atoms with Gasteiger partial charge in [0.05, 0.1) is 32.1 Å². The number of carbonyl (C=O) groups is 2. The minimum Gasteiger partial charge on any atom is -0.497 e. The number of urea groups is 1. The first-order chi connectivity index (χ1) is 16.4. The smallest absolute Gasteiger partial charge is 0.323 e. The first-order valence-corrected chi connectivity index (χ1v) is 11.4. The van der Waals surface area contributed by atoms with Crippen LogP contribution in [0.3, 0.4) is 0 Å². The highest BCUT2D eigenvalue weighted by Gasteiger charge is 2.22. The Morgan fingerprint density at radius 3 is 2.44 bits per heavy atom. The Labute approximate surface area is 200 Å². The number of rotatable bonds is 9. The van der Waals surface area contributed by atoms with Crippen LogP contribution in [0.5, 0.6) is 11.5 Å². The van der Waals surface area contributed by atoms with Crippen LogP contribution in [0.15, 0.2) is 36.4 Å². The van der Waals surface area contributed by atoms with E-state index in [2.05, 4.69) is 27.8 Å². The van der Waals surface area contributed by atoms with Gasteiger partial charge < -0.3 is 35.1 Å². The highest BCUT2D eigenvalue weighted by molar-refractivity contribution is 6.04. The Hall–Kier alpha value is -3.46. The molecule has 9 nitrogen and oxygen atoms in total. The van der Waals surface area contributed by atoms with Crippen molar-refractivity contribution in [1.82, 2.24) is 5.32 Å². The van der Waals surface area contributed by atoms with Crippen LogP contribution in [-0.2, 0) is 4.74 Å². The van der Waals surface area contributed by atoms with E-state index in [-0.39, 0.29) is 5.91 Å². The van der Waals surface area contributed by atoms with Crippen LogP contribution < -0.4 is 30.3 Å². The third-order valence-electron chi connectivity index (χ3n) is 5.87. The number of piperidine rings is 1. The lowest BCUT2D eigenvalue weighted by Gasteiger charge is -2.33. The topological polar surface area (TPSA) is 101 Å². The Morgan fingerprint density at radius 1 is 1.00 bits per heavy atom. The summed E-state index contributed by atoms with van der Waals surface area (Å²) in [5, 5.41) is 8.47. The molecule has 184 valence electrons. The van der Waals surface area contributed by atoms with Crippen LogP contribution in [0.1, 0.15) is 30.1 Å². The SMILES string of the molecule is COCCNC(=O)c1cc(NC(=O)Nc2ccc(OC)cc2OC)ccc1N1CCC(C)CC1. The van der Waals surface area contributed by atoms with Gasteiger partial charge in [-0.05, 0) is 49.1 Å². The van der Waals surface area contributed by atoms with Gasteiger partial charge in [0.1, 0.15) is 11.5 Å². The van der Waals surface area contributed by atoms with E-state index in [0.717, 1.165) is 31.6 Å². The zero-order valence-electron chi connectivity index (χ0n) is 20.3. The predicted octanol–water partition coefficient (Wildman–Crippen LogP) is 3.96. The summed E-state index contributed by atoms with van der Waals surface area (Å²) in [4.78, 5) is 27.9. The maximum atomic E-state index is 13.0. The molecule has 1 aliphatic rings. The van der Waals surface area contributed by atoms with Gasteiger partial charge >= 0.3 is 6.03 Å². The van der Waals surface area contributed by atoms with Crippen LogP contribution in [0.4, 0.5) is 21.9 Å². The van der Waals surface area contributed by atoms with Crippen LogP contribution >= 0.6 is 0 Å². The normalized spacial score (nSPS) is 13.8. The van der Waals surface area contributed by atoms with E-state index in [1.807, 2.05) is 12.1 Å². The van der Waals surface area contributed by atoms with Gasteiger partial charge in [0.15, 0.2) is 0 Å². The zero-order chi connectivity index (χ0) is 24.5. The first kappa shape index (κ1) is 25.2. The number of amides is 3. The van der Waals surface area contributed by atoms with Gasteiger partial charge in [-0.3, -0.25) is 4.79 Å². The van der Waals surface area contributed by atoms with Gasteiger partial charge in [-0.1, -0.05) is 6.92 Å². The number of anilines is 3. The highest BCUT2D eigenvalue weighted by Crippen LogP contribution is 2.30. The average molecular weight is 471 g/mol. The third-order valence-corrected chi connectivity index (χ3v) is 5.87. The van der Waals surface area contributed by atoms with E-state index in [4.69, 9.17) is 14.2 Å². The number of hydrogen-bond donors (Lipinski definition) is 3. The summed E-state index contributed by atoms with van der Waals surface area (Å²) in [7, 11) is 4.67. The summed E-state index contributed by atoms with van der Waals surface area (Å²) >= 11 is 0. The largest absolute Gasteiger partial charge is 0.497 e. The molecule has 0 aliphatic carbocycles. The number of ether oxygens (including phenoxy) is 3. The summed E-state index contributed by atoms with van der Waals surface area (Å²) in [6.07, 6.45) is 2.16. The van der Waals surface area contributed by atoms with Crippen molar-refractivity contribution in [2.75, 3.05) is 63.1 Å². The molecule has 0 aromatic heterocycles. The standard InChI is InChI=1S/C25H34N4O5/c1-17-9-12-29(13-10-17)22-8-5-18(15-20(22)24(30)26-11-14-32-2)27-25(31)28-21-7-6-19(33-3)16-23(21)34-4/h5-8,15-17H,9-14H2,1-4H3,(H,26,30)(H2,27,28,31). The van der Waals surface area contributed by atoms with E-state index in [1.54, 1.807) is 38.5 Å². The van der Waals surface area contributed by atoms with Gasteiger partial charge in [0, 0.05) is 44.2 Å². The molecule has 1 heterocycles. The molecule has 9 heteroatoms. The van der Waals surface area contributed by atoms with Gasteiger partial charge in [0.2, 0.25) is 0 Å². The fraction of sp³-hybridized carbons (Fsp3) is 0.440. The number of nitrogens with one attached hydrogen (secondary N) is 3. The van der Waals surface area contributed by atoms with Crippen molar-refractivity contribution in [1.29, 1.82) is 0 Å². The molecule has 1 saturated heterocycles. The Bertz CT molecular complexity index is 989. The number of hydrogen-bond acceptors (Lipinski definition) is 6. The van der Waals surface area contributed by atoms with Gasteiger partial charge in [-0.15, -0.1) is 0 Å². The molecule has 2 aromatic rings. The highest BCUT2D eigenvalue weighted by atomic mass is 16.5. The van der Waals surface area contributed by atoms with Crippen molar-refractivity contribution in [2.24, 2.45) is 5.92 Å². The lowest BCUT2D eigenvalue weighted by molar-refractivity contribution is 0.0937. The molecule has 1 fully saturated rings. The van der Waals surface area contributed by atoms with Crippen LogP contribution in [0, 0.1) is 5.92 Å². The minimum atomic E-state index is -0.450. The maximum absolute atomic E-state index is 13.0. The zero-order valence-corrected chi connectivity index (χ0v) is 20.3. The average Bonchev–Trinajstić information content (AvgIpc) is 2.85.